The summed E-state index contributed by atoms with van der Waals surface area (Å²) >= 11 is 0. The van der Waals surface area contributed by atoms with Crippen LogP contribution in [0.5, 0.6) is 0 Å². The van der Waals surface area contributed by atoms with Crippen LogP contribution in [0.4, 0.5) is 0 Å². The molecule has 0 spiro atoms. The van der Waals surface area contributed by atoms with Gasteiger partial charge in [-0.25, -0.2) is 0 Å². The van der Waals surface area contributed by atoms with Crippen molar-refractivity contribution in [3.05, 3.63) is 0 Å². The number of primary amides is 1. The van der Waals surface area contributed by atoms with Gasteiger partial charge in [0.15, 0.2) is 0 Å². The third kappa shape index (κ3) is 2.15. The molecule has 6 heteroatoms. The molecular weight excluding hydrogens is 212 g/mol. The Morgan fingerprint density at radius 2 is 1.94 bits per heavy atom. The highest BCUT2D eigenvalue weighted by Gasteiger charge is 2.42. The van der Waals surface area contributed by atoms with Gasteiger partial charge in [-0.2, -0.15) is 0 Å². The van der Waals surface area contributed by atoms with Gasteiger partial charge in [-0.15, -0.1) is 0 Å². The Morgan fingerprint density at radius 3 is 2.31 bits per heavy atom. The number of nitrogens with two attached hydrogens (primary N) is 1. The highest BCUT2D eigenvalue weighted by atomic mass is 16.4. The lowest BCUT2D eigenvalue weighted by Gasteiger charge is -2.25. The molecule has 1 rings (SSSR count). The fraction of sp³-hybridized carbons (Fsp3) is 0.700. The topological polar surface area (TPSA) is 101 Å². The smallest absolute Gasteiger partial charge is 0.318 e. The Hall–Kier alpha value is -1.59. The molecule has 6 nitrogen and oxygen atoms in total. The van der Waals surface area contributed by atoms with Crippen LogP contribution < -0.4 is 5.73 Å². The molecule has 2 amide bonds. The van der Waals surface area contributed by atoms with Crippen LogP contribution in [0, 0.1) is 11.3 Å². The summed E-state index contributed by atoms with van der Waals surface area (Å²) in [6.07, 6.45) is 0.511. The molecule has 0 aromatic heterocycles. The van der Waals surface area contributed by atoms with Gasteiger partial charge in [0.05, 0.1) is 5.92 Å². The second kappa shape index (κ2) is 4.11. The minimum atomic E-state index is -1.45. The molecule has 0 radical (unpaired) electrons. The summed E-state index contributed by atoms with van der Waals surface area (Å²) < 4.78 is 0. The van der Waals surface area contributed by atoms with Crippen molar-refractivity contribution in [1.82, 2.24) is 4.90 Å². The second-order valence-electron chi connectivity index (χ2n) is 4.57. The number of nitrogens with zero attached hydrogens (tertiary/aromatic N) is 1. The first-order chi connectivity index (χ1) is 7.26. The van der Waals surface area contributed by atoms with Gasteiger partial charge in [0, 0.05) is 13.1 Å². The molecule has 0 saturated carbocycles. The van der Waals surface area contributed by atoms with E-state index in [9.17, 15) is 14.4 Å². The van der Waals surface area contributed by atoms with Gasteiger partial charge >= 0.3 is 5.97 Å². The minimum absolute atomic E-state index is 0.227. The zero-order chi connectivity index (χ0) is 12.5. The van der Waals surface area contributed by atoms with Gasteiger partial charge in [-0.05, 0) is 20.3 Å². The number of likely N-dealkylation sites (tertiary alicyclic amines) is 1. The fourth-order valence-electron chi connectivity index (χ4n) is 1.66. The van der Waals surface area contributed by atoms with Gasteiger partial charge < -0.3 is 15.7 Å². The van der Waals surface area contributed by atoms with Gasteiger partial charge in [0.2, 0.25) is 11.8 Å². The van der Waals surface area contributed by atoms with Crippen molar-refractivity contribution >= 4 is 17.8 Å². The molecule has 0 bridgehead atoms. The van der Waals surface area contributed by atoms with Gasteiger partial charge in [-0.3, -0.25) is 14.4 Å². The SMILES string of the molecule is CC(C)(C(=O)O)C(=O)N1CCC(C(N)=O)C1. The zero-order valence-electron chi connectivity index (χ0n) is 9.40. The predicted molar refractivity (Wildman–Crippen MR) is 55.3 cm³/mol. The highest BCUT2D eigenvalue weighted by molar-refractivity contribution is 6.01. The van der Waals surface area contributed by atoms with E-state index in [0.29, 0.717) is 13.0 Å². The van der Waals surface area contributed by atoms with Crippen molar-refractivity contribution in [2.75, 3.05) is 13.1 Å². The normalized spacial score (nSPS) is 20.9. The molecule has 90 valence electrons. The van der Waals surface area contributed by atoms with E-state index in [4.69, 9.17) is 10.8 Å². The van der Waals surface area contributed by atoms with E-state index in [-0.39, 0.29) is 12.5 Å². The number of carboxylic acid groups (broad SMARTS) is 1. The first kappa shape index (κ1) is 12.5. The highest BCUT2D eigenvalue weighted by Crippen LogP contribution is 2.24. The van der Waals surface area contributed by atoms with Crippen molar-refractivity contribution < 1.29 is 19.5 Å². The van der Waals surface area contributed by atoms with Crippen LogP contribution in [0.1, 0.15) is 20.3 Å². The number of carbonyl (C=O) groups excluding carboxylic acids is 2. The van der Waals surface area contributed by atoms with Crippen molar-refractivity contribution in [3.63, 3.8) is 0 Å². The van der Waals surface area contributed by atoms with Crippen LogP contribution in [0.25, 0.3) is 0 Å². The Kier molecular flexibility index (Phi) is 3.21. The number of aliphatic carboxylic acids is 1. The monoisotopic (exact) mass is 228 g/mol. The van der Waals surface area contributed by atoms with Crippen LogP contribution in [0.15, 0.2) is 0 Å². The molecule has 1 fully saturated rings. The standard InChI is InChI=1S/C10H16N2O4/c1-10(2,9(15)16)8(14)12-4-3-6(5-12)7(11)13/h6H,3-5H2,1-2H3,(H2,11,13)(H,15,16). The Bertz CT molecular complexity index is 338. The Balaban J connectivity index is 2.71. The minimum Gasteiger partial charge on any atom is -0.480 e. The summed E-state index contributed by atoms with van der Waals surface area (Å²) in [4.78, 5) is 35.1. The maximum absolute atomic E-state index is 11.9. The lowest BCUT2D eigenvalue weighted by molar-refractivity contribution is -0.157. The number of amides is 2. The number of hydrogen-bond acceptors (Lipinski definition) is 3. The average molecular weight is 228 g/mol. The predicted octanol–water partition coefficient (Wildman–Crippen LogP) is -0.569. The molecular formula is C10H16N2O4. The Morgan fingerprint density at radius 1 is 1.38 bits per heavy atom. The summed E-state index contributed by atoms with van der Waals surface area (Å²) in [6, 6.07) is 0. The van der Waals surface area contributed by atoms with Crippen LogP contribution in [0.2, 0.25) is 0 Å². The molecule has 1 aliphatic heterocycles. The number of rotatable bonds is 3. The molecule has 0 aliphatic carbocycles. The molecule has 16 heavy (non-hydrogen) atoms. The van der Waals surface area contributed by atoms with Crippen LogP contribution in [-0.4, -0.2) is 40.9 Å². The van der Waals surface area contributed by atoms with Gasteiger partial charge in [-0.1, -0.05) is 0 Å². The van der Waals surface area contributed by atoms with Crippen LogP contribution in [0.3, 0.4) is 0 Å². The third-order valence-electron chi connectivity index (χ3n) is 2.95. The van der Waals surface area contributed by atoms with E-state index in [0.717, 1.165) is 0 Å². The van der Waals surface area contributed by atoms with E-state index in [1.54, 1.807) is 0 Å². The fourth-order valence-corrected chi connectivity index (χ4v) is 1.66. The number of carbonyl (C=O) groups is 3. The zero-order valence-corrected chi connectivity index (χ0v) is 9.40. The average Bonchev–Trinajstić information content (AvgIpc) is 2.64. The Labute approximate surface area is 93.4 Å². The summed E-state index contributed by atoms with van der Waals surface area (Å²) in [7, 11) is 0. The molecule has 1 heterocycles. The second-order valence-corrected chi connectivity index (χ2v) is 4.57. The van der Waals surface area contributed by atoms with Crippen molar-refractivity contribution in [2.24, 2.45) is 17.1 Å². The summed E-state index contributed by atoms with van der Waals surface area (Å²) in [6.45, 7) is 3.33. The largest absolute Gasteiger partial charge is 0.480 e. The van der Waals surface area contributed by atoms with E-state index in [2.05, 4.69) is 0 Å². The first-order valence-corrected chi connectivity index (χ1v) is 5.09. The lowest BCUT2D eigenvalue weighted by atomic mass is 9.92. The van der Waals surface area contributed by atoms with Crippen molar-refractivity contribution in [3.8, 4) is 0 Å². The van der Waals surface area contributed by atoms with Gasteiger partial charge in [0.1, 0.15) is 5.41 Å². The van der Waals surface area contributed by atoms with E-state index >= 15 is 0 Å². The molecule has 1 atom stereocenters. The maximum Gasteiger partial charge on any atom is 0.318 e. The van der Waals surface area contributed by atoms with Gasteiger partial charge in [0.25, 0.3) is 0 Å². The van der Waals surface area contributed by atoms with E-state index in [1.165, 1.54) is 18.7 Å². The summed E-state index contributed by atoms with van der Waals surface area (Å²) in [5, 5.41) is 8.91. The number of hydrogen-bond donors (Lipinski definition) is 2. The summed E-state index contributed by atoms with van der Waals surface area (Å²) in [5.41, 5.74) is 3.68. The lowest BCUT2D eigenvalue weighted by Crippen LogP contribution is -2.44. The van der Waals surface area contributed by atoms with Crippen LogP contribution >= 0.6 is 0 Å². The van der Waals surface area contributed by atoms with E-state index < -0.39 is 23.2 Å². The van der Waals surface area contributed by atoms with Crippen molar-refractivity contribution in [1.29, 1.82) is 0 Å². The third-order valence-corrected chi connectivity index (χ3v) is 2.95. The quantitative estimate of drug-likeness (QED) is 0.632. The molecule has 0 aromatic carbocycles. The van der Waals surface area contributed by atoms with E-state index in [1.807, 2.05) is 0 Å². The van der Waals surface area contributed by atoms with Crippen molar-refractivity contribution in [2.45, 2.75) is 20.3 Å². The molecule has 1 unspecified atom stereocenters. The molecule has 1 saturated heterocycles. The summed E-state index contributed by atoms with van der Waals surface area (Å²) in [5.74, 6) is -2.43. The maximum atomic E-state index is 11.9. The molecule has 0 aromatic rings. The van der Waals surface area contributed by atoms with Crippen LogP contribution in [-0.2, 0) is 14.4 Å². The number of carboxylic acids is 1. The first-order valence-electron chi connectivity index (χ1n) is 5.09. The molecule has 1 aliphatic rings. The molecule has 3 N–H and O–H groups in total.